The number of Topliss-reactive ketones (excluding diaryl/α,β-unsaturated/α-hetero) is 1. The normalized spacial score (nSPS) is 18.3. The average Bonchev–Trinajstić information content (AvgIpc) is 3.90. The van der Waals surface area contributed by atoms with Crippen LogP contribution in [0, 0.1) is 11.3 Å². The number of ether oxygens (including phenoxy) is 3. The summed E-state index contributed by atoms with van der Waals surface area (Å²) in [5.74, 6) is -0.143. The van der Waals surface area contributed by atoms with Crippen LogP contribution in [0.3, 0.4) is 0 Å². The molecule has 2 fully saturated rings. The summed E-state index contributed by atoms with van der Waals surface area (Å²) in [5, 5.41) is 16.2. The van der Waals surface area contributed by atoms with E-state index in [9.17, 15) is 37.1 Å². The van der Waals surface area contributed by atoms with Crippen LogP contribution in [0.1, 0.15) is 108 Å². The minimum atomic E-state index is -4.84. The van der Waals surface area contributed by atoms with E-state index in [4.69, 9.17) is 24.9 Å². The SMILES string of the molecule is CCOc1cc(N2CCC(C(=O)NCCOCCNC(=O)OC3CCC(Nc4cc(-n5nc(C(F)(F)F)c6c5CC(C)(C)CC6=O)ccc4C(N)=O)CC3)CC2)ccc1Nc1ncc2c(n1)N(C)c1ccccc1C(=O)N2C. The van der Waals surface area contributed by atoms with Crippen LogP contribution in [0.15, 0.2) is 66.9 Å². The molecule has 2 aliphatic heterocycles. The number of nitrogens with one attached hydrogen (secondary N) is 4. The summed E-state index contributed by atoms with van der Waals surface area (Å²) in [6.07, 6.45) is -0.548. The van der Waals surface area contributed by atoms with Crippen LogP contribution in [0.4, 0.5) is 58.2 Å². The molecule has 4 amide bonds. The average molecular weight is 1080 g/mol. The zero-order chi connectivity index (χ0) is 55.5. The van der Waals surface area contributed by atoms with Gasteiger partial charge < -0.3 is 55.9 Å². The number of nitrogens with zero attached hydrogens (tertiary/aromatic N) is 7. The highest BCUT2D eigenvalue weighted by Gasteiger charge is 2.45. The highest BCUT2D eigenvalue weighted by atomic mass is 19.4. The Morgan fingerprint density at radius 3 is 2.28 bits per heavy atom. The molecule has 9 rings (SSSR count). The lowest BCUT2D eigenvalue weighted by molar-refractivity contribution is -0.141. The smallest absolute Gasteiger partial charge is 0.435 e. The number of halogens is 3. The van der Waals surface area contributed by atoms with Crippen molar-refractivity contribution in [3.63, 3.8) is 0 Å². The number of alkyl halides is 3. The molecule has 0 unspecified atom stereocenters. The monoisotopic (exact) mass is 1080 g/mol. The Kier molecular flexibility index (Phi) is 16.1. The van der Waals surface area contributed by atoms with Crippen molar-refractivity contribution >= 4 is 69.8 Å². The standard InChI is InChI=1S/C55H65F3N12O8/c1-6-77-45-28-34(14-18-39(45)64-52-62-31-43-49(65-52)67(4)41-10-8-7-9-38(41)51(74)68(43)5)69-23-19-32(20-24-69)50(73)60-21-25-76-26-22-61-53(75)78-36-15-11-33(12-16-36)63-40-27-35(13-17-37(40)48(59)72)70-42-29-54(2,3)30-44(71)46(42)47(66-70)55(56,57)58/h7-10,13-14,17-18,27-28,31-33,36,63H,6,11-12,15-16,19-26,29-30H2,1-5H3,(H2,59,72)(H,60,73)(H,61,75)(H,62,64,65). The van der Waals surface area contributed by atoms with Gasteiger partial charge in [0.2, 0.25) is 11.9 Å². The number of ketones is 1. The molecule has 4 heterocycles. The number of alkyl carbamates (subject to hydrolysis) is 1. The second-order valence-corrected chi connectivity index (χ2v) is 20.8. The minimum absolute atomic E-state index is 0.0370. The van der Waals surface area contributed by atoms with Gasteiger partial charge in [-0.2, -0.15) is 23.3 Å². The van der Waals surface area contributed by atoms with E-state index < -0.39 is 40.6 Å². The summed E-state index contributed by atoms with van der Waals surface area (Å²) in [5.41, 5.74) is 7.86. The van der Waals surface area contributed by atoms with Gasteiger partial charge in [0.1, 0.15) is 17.5 Å². The first kappa shape index (κ1) is 54.8. The quantitative estimate of drug-likeness (QED) is 0.0556. The maximum atomic E-state index is 14.1. The molecular formula is C55H65F3N12O8. The minimum Gasteiger partial charge on any atom is -0.492 e. The van der Waals surface area contributed by atoms with Crippen molar-refractivity contribution in [1.82, 2.24) is 30.4 Å². The number of carbonyl (C=O) groups is 5. The number of benzene rings is 3. The second-order valence-electron chi connectivity index (χ2n) is 20.8. The van der Waals surface area contributed by atoms with Gasteiger partial charge >= 0.3 is 12.3 Å². The number of hydrogen-bond donors (Lipinski definition) is 5. The number of para-hydroxylation sites is 1. The number of hydrogen-bond acceptors (Lipinski definition) is 15. The van der Waals surface area contributed by atoms with E-state index in [0.717, 1.165) is 16.1 Å². The number of amides is 4. The third-order valence-electron chi connectivity index (χ3n) is 14.7. The van der Waals surface area contributed by atoms with Gasteiger partial charge in [-0.3, -0.25) is 19.2 Å². The van der Waals surface area contributed by atoms with Crippen molar-refractivity contribution < 1.29 is 51.4 Å². The third kappa shape index (κ3) is 12.1. The van der Waals surface area contributed by atoms with Crippen molar-refractivity contribution in [2.45, 2.75) is 90.5 Å². The molecule has 2 aromatic heterocycles. The zero-order valence-corrected chi connectivity index (χ0v) is 44.3. The van der Waals surface area contributed by atoms with Gasteiger partial charge in [-0.25, -0.2) is 14.5 Å². The Morgan fingerprint density at radius 1 is 0.846 bits per heavy atom. The van der Waals surface area contributed by atoms with Crippen molar-refractivity contribution in [1.29, 1.82) is 0 Å². The van der Waals surface area contributed by atoms with E-state index in [-0.39, 0.29) is 79.4 Å². The van der Waals surface area contributed by atoms with Crippen molar-refractivity contribution in [3.8, 4) is 11.4 Å². The van der Waals surface area contributed by atoms with Gasteiger partial charge in [-0.05, 0) is 99.7 Å². The molecule has 0 radical (unpaired) electrons. The van der Waals surface area contributed by atoms with E-state index in [1.165, 1.54) is 18.2 Å². The highest BCUT2D eigenvalue weighted by Crippen LogP contribution is 2.43. The molecular weight excluding hydrogens is 1010 g/mol. The van der Waals surface area contributed by atoms with E-state index in [0.29, 0.717) is 105 Å². The molecule has 78 heavy (non-hydrogen) atoms. The van der Waals surface area contributed by atoms with Crippen LogP contribution >= 0.6 is 0 Å². The largest absolute Gasteiger partial charge is 0.492 e. The maximum absolute atomic E-state index is 14.1. The first-order valence-electron chi connectivity index (χ1n) is 26.3. The summed E-state index contributed by atoms with van der Waals surface area (Å²) in [6.45, 7) is 8.31. The number of primary amides is 1. The second kappa shape index (κ2) is 22.9. The van der Waals surface area contributed by atoms with Crippen molar-refractivity contribution in [2.24, 2.45) is 17.1 Å². The first-order chi connectivity index (χ1) is 37.3. The molecule has 6 N–H and O–H groups in total. The Morgan fingerprint density at radius 2 is 1.56 bits per heavy atom. The fraction of sp³-hybridized carbons (Fsp3) is 0.455. The van der Waals surface area contributed by atoms with Crippen LogP contribution in [0.5, 0.6) is 5.75 Å². The lowest BCUT2D eigenvalue weighted by Crippen LogP contribution is -2.41. The van der Waals surface area contributed by atoms with E-state index in [1.807, 2.05) is 69.1 Å². The Bertz CT molecular complexity index is 3080. The van der Waals surface area contributed by atoms with Gasteiger partial charge in [0.15, 0.2) is 17.3 Å². The molecule has 3 aromatic carbocycles. The Hall–Kier alpha value is -7.95. The topological polar surface area (TPSA) is 240 Å². The molecule has 5 aromatic rings. The van der Waals surface area contributed by atoms with Gasteiger partial charge in [-0.15, -0.1) is 0 Å². The molecule has 20 nitrogen and oxygen atoms in total. The number of nitrogens with two attached hydrogens (primary N) is 1. The fourth-order valence-corrected chi connectivity index (χ4v) is 10.7. The molecule has 1 saturated heterocycles. The molecule has 0 bridgehead atoms. The Labute approximate surface area is 449 Å². The van der Waals surface area contributed by atoms with Crippen LogP contribution in [-0.2, 0) is 26.9 Å². The first-order valence-corrected chi connectivity index (χ1v) is 26.3. The third-order valence-corrected chi connectivity index (χ3v) is 14.7. The van der Waals surface area contributed by atoms with Gasteiger partial charge in [0.05, 0.1) is 65.5 Å². The molecule has 1 saturated carbocycles. The number of aromatic nitrogens is 4. The lowest BCUT2D eigenvalue weighted by Gasteiger charge is -2.33. The molecule has 414 valence electrons. The van der Waals surface area contributed by atoms with E-state index in [2.05, 4.69) is 36.2 Å². The summed E-state index contributed by atoms with van der Waals surface area (Å²) in [6, 6.07) is 17.6. The number of carbonyl (C=O) groups excluding carboxylic acids is 5. The van der Waals surface area contributed by atoms with Crippen molar-refractivity contribution in [2.75, 3.05) is 85.4 Å². The van der Waals surface area contributed by atoms with Crippen molar-refractivity contribution in [3.05, 3.63) is 94.9 Å². The van der Waals surface area contributed by atoms with Crippen LogP contribution in [0.25, 0.3) is 5.69 Å². The molecule has 23 heteroatoms. The zero-order valence-electron chi connectivity index (χ0n) is 44.3. The summed E-state index contributed by atoms with van der Waals surface area (Å²) in [7, 11) is 3.58. The number of rotatable bonds is 17. The van der Waals surface area contributed by atoms with E-state index >= 15 is 0 Å². The molecule has 2 aliphatic carbocycles. The number of fused-ring (bicyclic) bond motifs is 3. The van der Waals surface area contributed by atoms with Crippen LogP contribution < -0.4 is 46.4 Å². The lowest BCUT2D eigenvalue weighted by atomic mass is 9.75. The Balaban J connectivity index is 0.676. The fourth-order valence-electron chi connectivity index (χ4n) is 10.7. The van der Waals surface area contributed by atoms with E-state index in [1.54, 1.807) is 24.2 Å². The van der Waals surface area contributed by atoms with Gasteiger partial charge in [-0.1, -0.05) is 26.0 Å². The summed E-state index contributed by atoms with van der Waals surface area (Å²) >= 11 is 0. The molecule has 0 spiro atoms. The maximum Gasteiger partial charge on any atom is 0.435 e. The molecule has 0 atom stereocenters. The predicted molar refractivity (Wildman–Crippen MR) is 287 cm³/mol. The van der Waals surface area contributed by atoms with Crippen LogP contribution in [-0.4, -0.2) is 122 Å². The van der Waals surface area contributed by atoms with Gasteiger partial charge in [0.25, 0.3) is 11.8 Å². The van der Waals surface area contributed by atoms with Crippen LogP contribution in [0.2, 0.25) is 0 Å². The highest BCUT2D eigenvalue weighted by molar-refractivity contribution is 6.13. The predicted octanol–water partition coefficient (Wildman–Crippen LogP) is 7.93. The summed E-state index contributed by atoms with van der Waals surface area (Å²) < 4.78 is 60.9. The summed E-state index contributed by atoms with van der Waals surface area (Å²) in [4.78, 5) is 79.5. The number of anilines is 7. The number of piperidine rings is 1. The molecule has 4 aliphatic rings. The van der Waals surface area contributed by atoms with Gasteiger partial charge in [0, 0.05) is 76.1 Å².